The van der Waals surface area contributed by atoms with Crippen molar-refractivity contribution >= 4 is 31.7 Å². The van der Waals surface area contributed by atoms with E-state index in [4.69, 9.17) is 5.11 Å². The number of halogens is 1. The van der Waals surface area contributed by atoms with Crippen molar-refractivity contribution < 1.29 is 31.1 Å². The Labute approximate surface area is 140 Å². The smallest absolute Gasteiger partial charge is 0.322 e. The lowest BCUT2D eigenvalue weighted by molar-refractivity contribution is -0.140. The van der Waals surface area contributed by atoms with Crippen LogP contribution in [0.1, 0.15) is 20.3 Å². The van der Waals surface area contributed by atoms with E-state index in [1.54, 1.807) is 13.8 Å². The van der Waals surface area contributed by atoms with Crippen molar-refractivity contribution in [3.05, 3.63) is 24.0 Å². The maximum absolute atomic E-state index is 14.1. The Morgan fingerprint density at radius 1 is 1.29 bits per heavy atom. The highest BCUT2D eigenvalue weighted by Crippen LogP contribution is 2.21. The Morgan fingerprint density at radius 3 is 2.29 bits per heavy atom. The van der Waals surface area contributed by atoms with Gasteiger partial charge >= 0.3 is 5.97 Å². The zero-order valence-electron chi connectivity index (χ0n) is 13.3. The molecule has 136 valence electrons. The molecule has 2 atom stereocenters. The van der Waals surface area contributed by atoms with Gasteiger partial charge in [-0.05, 0) is 24.1 Å². The maximum Gasteiger partial charge on any atom is 0.322 e. The lowest BCUT2D eigenvalue weighted by Gasteiger charge is -2.20. The highest BCUT2D eigenvalue weighted by atomic mass is 32.2. The van der Waals surface area contributed by atoms with Gasteiger partial charge in [0.1, 0.15) is 16.8 Å². The summed E-state index contributed by atoms with van der Waals surface area (Å²) >= 11 is 0. The van der Waals surface area contributed by atoms with Crippen LogP contribution in [-0.4, -0.2) is 40.2 Å². The number of anilines is 1. The zero-order chi connectivity index (χ0) is 18.7. The average Bonchev–Trinajstić information content (AvgIpc) is 2.41. The molecule has 8 nitrogen and oxygen atoms in total. The van der Waals surface area contributed by atoms with Gasteiger partial charge in [0, 0.05) is 0 Å². The fourth-order valence-corrected chi connectivity index (χ4v) is 3.78. The van der Waals surface area contributed by atoms with Crippen molar-refractivity contribution in [1.29, 1.82) is 0 Å². The summed E-state index contributed by atoms with van der Waals surface area (Å²) < 4.78 is 64.7. The van der Waals surface area contributed by atoms with Crippen molar-refractivity contribution in [1.82, 2.24) is 4.72 Å². The second kappa shape index (κ2) is 7.45. The molecule has 3 N–H and O–H groups in total. The van der Waals surface area contributed by atoms with E-state index >= 15 is 0 Å². The lowest BCUT2D eigenvalue weighted by Crippen LogP contribution is -2.45. The van der Waals surface area contributed by atoms with Crippen molar-refractivity contribution in [3.8, 4) is 0 Å². The van der Waals surface area contributed by atoms with Gasteiger partial charge in [-0.25, -0.2) is 21.2 Å². The van der Waals surface area contributed by atoms with Crippen LogP contribution in [0.25, 0.3) is 0 Å². The predicted molar refractivity (Wildman–Crippen MR) is 86.1 cm³/mol. The van der Waals surface area contributed by atoms with Crippen LogP contribution in [-0.2, 0) is 24.8 Å². The van der Waals surface area contributed by atoms with Gasteiger partial charge in [0.25, 0.3) is 0 Å². The molecule has 0 radical (unpaired) electrons. The van der Waals surface area contributed by atoms with Crippen LogP contribution in [0.4, 0.5) is 10.1 Å². The number of aliphatic carboxylic acids is 1. The van der Waals surface area contributed by atoms with Gasteiger partial charge < -0.3 is 5.11 Å². The molecule has 0 aliphatic carbocycles. The first-order valence-corrected chi connectivity index (χ1v) is 10.3. The molecule has 0 unspecified atom stereocenters. The molecule has 11 heteroatoms. The third kappa shape index (κ3) is 5.42. The molecule has 0 saturated carbocycles. The largest absolute Gasteiger partial charge is 0.480 e. The van der Waals surface area contributed by atoms with Gasteiger partial charge in [0.15, 0.2) is 0 Å². The topological polar surface area (TPSA) is 130 Å². The summed E-state index contributed by atoms with van der Waals surface area (Å²) in [5.74, 6) is -3.08. The fourth-order valence-electron chi connectivity index (χ4n) is 1.87. The van der Waals surface area contributed by atoms with Gasteiger partial charge in [-0.1, -0.05) is 20.3 Å². The van der Waals surface area contributed by atoms with E-state index in [1.807, 2.05) is 9.44 Å². The molecule has 1 rings (SSSR count). The summed E-state index contributed by atoms with van der Waals surface area (Å²) in [6.45, 7) is 3.25. The number of carboxylic acid groups (broad SMARTS) is 1. The van der Waals surface area contributed by atoms with Crippen LogP contribution in [0.2, 0.25) is 0 Å². The van der Waals surface area contributed by atoms with E-state index in [0.29, 0.717) is 12.5 Å². The molecule has 24 heavy (non-hydrogen) atoms. The Kier molecular flexibility index (Phi) is 6.31. The van der Waals surface area contributed by atoms with Gasteiger partial charge in [-0.15, -0.1) is 0 Å². The SMILES string of the molecule is CC[C@H](C)[C@H](NS(=O)(=O)c1ccc(NS(C)(=O)=O)cc1F)C(=O)O. The van der Waals surface area contributed by atoms with E-state index in [9.17, 15) is 26.0 Å². The number of hydrogen-bond donors (Lipinski definition) is 3. The van der Waals surface area contributed by atoms with E-state index in [-0.39, 0.29) is 5.69 Å². The van der Waals surface area contributed by atoms with Crippen LogP contribution < -0.4 is 9.44 Å². The van der Waals surface area contributed by atoms with Gasteiger partial charge in [0.05, 0.1) is 11.9 Å². The molecule has 0 saturated heterocycles. The van der Waals surface area contributed by atoms with Crippen LogP contribution in [0.5, 0.6) is 0 Å². The first kappa shape index (κ1) is 20.3. The molecular formula is C13H19FN2O6S2. The van der Waals surface area contributed by atoms with E-state index in [0.717, 1.165) is 18.4 Å². The summed E-state index contributed by atoms with van der Waals surface area (Å²) in [6.07, 6.45) is 1.26. The number of benzene rings is 1. The molecule has 0 aromatic heterocycles. The summed E-state index contributed by atoms with van der Waals surface area (Å²) in [6, 6.07) is 1.22. The lowest BCUT2D eigenvalue weighted by atomic mass is 10.0. The van der Waals surface area contributed by atoms with Gasteiger partial charge in [0.2, 0.25) is 20.0 Å². The maximum atomic E-state index is 14.1. The molecule has 0 spiro atoms. The third-order valence-electron chi connectivity index (χ3n) is 3.29. The first-order chi connectivity index (χ1) is 10.9. The summed E-state index contributed by atoms with van der Waals surface area (Å²) in [5.41, 5.74) is -0.148. The average molecular weight is 382 g/mol. The predicted octanol–water partition coefficient (Wildman–Crippen LogP) is 0.975. The monoisotopic (exact) mass is 382 g/mol. The third-order valence-corrected chi connectivity index (χ3v) is 5.37. The Bertz CT molecular complexity index is 823. The van der Waals surface area contributed by atoms with Crippen LogP contribution in [0, 0.1) is 11.7 Å². The molecule has 0 fully saturated rings. The second-order valence-electron chi connectivity index (χ2n) is 5.34. The Hall–Kier alpha value is -1.72. The number of carbonyl (C=O) groups is 1. The molecule has 0 aliphatic heterocycles. The van der Waals surface area contributed by atoms with Crippen molar-refractivity contribution in [2.75, 3.05) is 11.0 Å². The normalized spacial score (nSPS) is 14.8. The summed E-state index contributed by atoms with van der Waals surface area (Å²) in [5, 5.41) is 9.13. The van der Waals surface area contributed by atoms with Crippen molar-refractivity contribution in [2.24, 2.45) is 5.92 Å². The molecule has 1 aromatic carbocycles. The highest BCUT2D eigenvalue weighted by Gasteiger charge is 2.30. The quantitative estimate of drug-likeness (QED) is 0.614. The minimum Gasteiger partial charge on any atom is -0.480 e. The first-order valence-electron chi connectivity index (χ1n) is 6.90. The molecule has 1 aromatic rings. The molecular weight excluding hydrogens is 363 g/mol. The van der Waals surface area contributed by atoms with Gasteiger partial charge in [-0.2, -0.15) is 4.72 Å². The zero-order valence-corrected chi connectivity index (χ0v) is 14.9. The number of rotatable bonds is 8. The summed E-state index contributed by atoms with van der Waals surface area (Å²) in [4.78, 5) is 10.4. The Balaban J connectivity index is 3.17. The van der Waals surface area contributed by atoms with Crippen molar-refractivity contribution in [2.45, 2.75) is 31.2 Å². The van der Waals surface area contributed by atoms with Crippen LogP contribution in [0.15, 0.2) is 23.1 Å². The number of hydrogen-bond acceptors (Lipinski definition) is 5. The van der Waals surface area contributed by atoms with E-state index in [1.165, 1.54) is 0 Å². The Morgan fingerprint density at radius 2 is 1.88 bits per heavy atom. The minimum atomic E-state index is -4.43. The summed E-state index contributed by atoms with van der Waals surface area (Å²) in [7, 11) is -8.08. The molecule has 0 aliphatic rings. The van der Waals surface area contributed by atoms with Gasteiger partial charge in [-0.3, -0.25) is 9.52 Å². The van der Waals surface area contributed by atoms with Crippen LogP contribution in [0.3, 0.4) is 0 Å². The number of nitrogens with one attached hydrogen (secondary N) is 2. The number of carboxylic acids is 1. The molecule has 0 amide bonds. The standard InChI is InChI=1S/C13H19FN2O6S2/c1-4-8(2)12(13(17)18)16-24(21,22)11-6-5-9(7-10(11)14)15-23(3,19)20/h5-8,12,15-16H,4H2,1-3H3,(H,17,18)/t8-,12-/m0/s1. The van der Waals surface area contributed by atoms with Crippen molar-refractivity contribution in [3.63, 3.8) is 0 Å². The molecule has 0 bridgehead atoms. The van der Waals surface area contributed by atoms with Crippen LogP contribution >= 0.6 is 0 Å². The minimum absolute atomic E-state index is 0.148. The molecule has 0 heterocycles. The second-order valence-corrected chi connectivity index (χ2v) is 8.77. The van der Waals surface area contributed by atoms with E-state index in [2.05, 4.69) is 0 Å². The van der Waals surface area contributed by atoms with E-state index < -0.39 is 48.7 Å². The fraction of sp³-hybridized carbons (Fsp3) is 0.462. The highest BCUT2D eigenvalue weighted by molar-refractivity contribution is 7.92. The number of sulfonamides is 2.